The van der Waals surface area contributed by atoms with E-state index in [4.69, 9.17) is 14.8 Å². The summed E-state index contributed by atoms with van der Waals surface area (Å²) in [6, 6.07) is 27.3. The van der Waals surface area contributed by atoms with Gasteiger partial charge in [0.25, 0.3) is 0 Å². The molecule has 0 saturated carbocycles. The van der Waals surface area contributed by atoms with Crippen LogP contribution in [-0.4, -0.2) is 21.9 Å². The molecule has 5 aromatic rings. The third-order valence-electron chi connectivity index (χ3n) is 6.36. The van der Waals surface area contributed by atoms with Crippen LogP contribution in [0.5, 0.6) is 5.75 Å². The van der Waals surface area contributed by atoms with E-state index in [0.717, 1.165) is 52.3 Å². The lowest BCUT2D eigenvalue weighted by molar-refractivity contribution is 0.415. The fourth-order valence-electron chi connectivity index (χ4n) is 4.87. The molecule has 0 unspecified atom stereocenters. The van der Waals surface area contributed by atoms with Crippen LogP contribution in [0.1, 0.15) is 17.0 Å². The molecular weight excluding hydrogens is 394 g/mol. The SMILES string of the molecule is COc1ccc(-c2c3c(nc4c2c(C)nn4-c2ccccc2)CCc2ccccc2-3)cc1. The third-order valence-corrected chi connectivity index (χ3v) is 6.36. The molecule has 1 aliphatic rings. The van der Waals surface area contributed by atoms with Crippen molar-refractivity contribution < 1.29 is 4.74 Å². The van der Waals surface area contributed by atoms with Crippen molar-refractivity contribution in [1.29, 1.82) is 0 Å². The number of fused-ring (bicyclic) bond motifs is 4. The predicted octanol–water partition coefficient (Wildman–Crippen LogP) is 6.17. The molecular formula is C28H23N3O. The van der Waals surface area contributed by atoms with Gasteiger partial charge in [-0.25, -0.2) is 9.67 Å². The van der Waals surface area contributed by atoms with Crippen LogP contribution < -0.4 is 4.74 Å². The molecule has 32 heavy (non-hydrogen) atoms. The van der Waals surface area contributed by atoms with Gasteiger partial charge in [-0.2, -0.15) is 5.10 Å². The van der Waals surface area contributed by atoms with Crippen molar-refractivity contribution >= 4 is 11.0 Å². The Morgan fingerprint density at radius 2 is 1.56 bits per heavy atom. The molecule has 0 radical (unpaired) electrons. The normalized spacial score (nSPS) is 12.4. The standard InChI is InChI=1S/C28H23N3O/c1-18-25-26(20-12-15-22(32-2)16-13-20)27-23-11-7-6-8-19(23)14-17-24(27)29-28(25)31(30-18)21-9-4-3-5-10-21/h3-13,15-16H,14,17H2,1-2H3. The van der Waals surface area contributed by atoms with Gasteiger partial charge in [0.05, 0.1) is 29.6 Å². The highest BCUT2D eigenvalue weighted by molar-refractivity contribution is 6.04. The summed E-state index contributed by atoms with van der Waals surface area (Å²) in [6.45, 7) is 2.08. The largest absolute Gasteiger partial charge is 0.497 e. The van der Waals surface area contributed by atoms with E-state index in [1.54, 1.807) is 7.11 Å². The van der Waals surface area contributed by atoms with Crippen molar-refractivity contribution in [2.45, 2.75) is 19.8 Å². The number of rotatable bonds is 3. The Morgan fingerprint density at radius 1 is 0.812 bits per heavy atom. The minimum absolute atomic E-state index is 0.852. The van der Waals surface area contributed by atoms with Gasteiger partial charge in [0.15, 0.2) is 5.65 Å². The van der Waals surface area contributed by atoms with Gasteiger partial charge in [0, 0.05) is 11.1 Å². The number of aromatic nitrogens is 3. The number of aryl methyl sites for hydroxylation is 3. The predicted molar refractivity (Wildman–Crippen MR) is 128 cm³/mol. The monoisotopic (exact) mass is 417 g/mol. The Labute approximate surface area is 187 Å². The third kappa shape index (κ3) is 2.83. The van der Waals surface area contributed by atoms with E-state index in [1.807, 2.05) is 35.0 Å². The zero-order valence-corrected chi connectivity index (χ0v) is 18.2. The number of pyridine rings is 1. The highest BCUT2D eigenvalue weighted by Crippen LogP contribution is 2.44. The molecule has 0 aliphatic heterocycles. The minimum atomic E-state index is 0.852. The number of nitrogens with zero attached hydrogens (tertiary/aromatic N) is 3. The lowest BCUT2D eigenvalue weighted by Crippen LogP contribution is -2.09. The summed E-state index contributed by atoms with van der Waals surface area (Å²) < 4.78 is 7.40. The van der Waals surface area contributed by atoms with E-state index in [2.05, 4.69) is 55.5 Å². The minimum Gasteiger partial charge on any atom is -0.497 e. The summed E-state index contributed by atoms with van der Waals surface area (Å²) in [5.74, 6) is 0.852. The van der Waals surface area contributed by atoms with Crippen molar-refractivity contribution in [2.75, 3.05) is 7.11 Å². The number of ether oxygens (including phenoxy) is 1. The van der Waals surface area contributed by atoms with Crippen LogP contribution in [0.3, 0.4) is 0 Å². The van der Waals surface area contributed by atoms with E-state index in [0.29, 0.717) is 0 Å². The molecule has 6 rings (SSSR count). The first-order valence-electron chi connectivity index (χ1n) is 10.9. The number of benzene rings is 3. The van der Waals surface area contributed by atoms with Crippen LogP contribution in [0.25, 0.3) is 39.0 Å². The molecule has 0 amide bonds. The van der Waals surface area contributed by atoms with Crippen molar-refractivity contribution in [2.24, 2.45) is 0 Å². The van der Waals surface area contributed by atoms with Crippen LogP contribution in [0, 0.1) is 6.92 Å². The van der Waals surface area contributed by atoms with Crippen LogP contribution in [0.4, 0.5) is 0 Å². The smallest absolute Gasteiger partial charge is 0.164 e. The molecule has 0 bridgehead atoms. The van der Waals surface area contributed by atoms with Crippen LogP contribution >= 0.6 is 0 Å². The lowest BCUT2D eigenvalue weighted by atomic mass is 9.83. The maximum Gasteiger partial charge on any atom is 0.164 e. The Balaban J connectivity index is 1.73. The molecule has 3 aromatic carbocycles. The van der Waals surface area contributed by atoms with E-state index < -0.39 is 0 Å². The van der Waals surface area contributed by atoms with Crippen molar-refractivity contribution in [3.8, 4) is 33.7 Å². The lowest BCUT2D eigenvalue weighted by Gasteiger charge is -2.23. The fourth-order valence-corrected chi connectivity index (χ4v) is 4.87. The average Bonchev–Trinajstić information content (AvgIpc) is 3.19. The Kier molecular flexibility index (Phi) is 4.32. The highest BCUT2D eigenvalue weighted by atomic mass is 16.5. The Morgan fingerprint density at radius 3 is 2.34 bits per heavy atom. The number of para-hydroxylation sites is 1. The van der Waals surface area contributed by atoms with Gasteiger partial charge in [-0.1, -0.05) is 54.6 Å². The molecule has 0 N–H and O–H groups in total. The summed E-state index contributed by atoms with van der Waals surface area (Å²) >= 11 is 0. The molecule has 4 nitrogen and oxygen atoms in total. The maximum atomic E-state index is 5.42. The van der Waals surface area contributed by atoms with Crippen LogP contribution in [0.2, 0.25) is 0 Å². The second kappa shape index (κ2) is 7.34. The van der Waals surface area contributed by atoms with Crippen molar-refractivity contribution in [3.63, 3.8) is 0 Å². The molecule has 0 fully saturated rings. The second-order valence-corrected chi connectivity index (χ2v) is 8.23. The van der Waals surface area contributed by atoms with Gasteiger partial charge in [0.2, 0.25) is 0 Å². The maximum absolute atomic E-state index is 5.42. The summed E-state index contributed by atoms with van der Waals surface area (Å²) in [7, 11) is 1.70. The second-order valence-electron chi connectivity index (χ2n) is 8.23. The first kappa shape index (κ1) is 18.8. The van der Waals surface area contributed by atoms with Gasteiger partial charge in [-0.3, -0.25) is 0 Å². The number of hydrogen-bond donors (Lipinski definition) is 0. The molecule has 156 valence electrons. The van der Waals surface area contributed by atoms with Gasteiger partial charge in [-0.15, -0.1) is 0 Å². The van der Waals surface area contributed by atoms with Gasteiger partial charge in [0.1, 0.15) is 5.75 Å². The molecule has 2 heterocycles. The van der Waals surface area contributed by atoms with E-state index >= 15 is 0 Å². The average molecular weight is 418 g/mol. The topological polar surface area (TPSA) is 39.9 Å². The zero-order chi connectivity index (χ0) is 21.7. The molecule has 0 spiro atoms. The molecule has 0 atom stereocenters. The highest BCUT2D eigenvalue weighted by Gasteiger charge is 2.26. The van der Waals surface area contributed by atoms with Crippen LogP contribution in [-0.2, 0) is 12.8 Å². The first-order valence-corrected chi connectivity index (χ1v) is 10.9. The summed E-state index contributed by atoms with van der Waals surface area (Å²) in [5.41, 5.74) is 10.3. The van der Waals surface area contributed by atoms with E-state index in [1.165, 1.54) is 22.3 Å². The number of hydrogen-bond acceptors (Lipinski definition) is 3. The number of methoxy groups -OCH3 is 1. The van der Waals surface area contributed by atoms with E-state index in [9.17, 15) is 0 Å². The summed E-state index contributed by atoms with van der Waals surface area (Å²) in [6.07, 6.45) is 1.92. The van der Waals surface area contributed by atoms with Gasteiger partial charge >= 0.3 is 0 Å². The molecule has 2 aromatic heterocycles. The summed E-state index contributed by atoms with van der Waals surface area (Å²) in [4.78, 5) is 5.21. The first-order chi connectivity index (χ1) is 15.7. The Hall–Kier alpha value is -3.92. The van der Waals surface area contributed by atoms with Crippen LogP contribution in [0.15, 0.2) is 78.9 Å². The molecule has 1 aliphatic carbocycles. The van der Waals surface area contributed by atoms with Gasteiger partial charge < -0.3 is 4.74 Å². The quantitative estimate of drug-likeness (QED) is 0.352. The van der Waals surface area contributed by atoms with Crippen molar-refractivity contribution in [1.82, 2.24) is 14.8 Å². The Bertz CT molecular complexity index is 1450. The zero-order valence-electron chi connectivity index (χ0n) is 18.2. The fraction of sp³-hybridized carbons (Fsp3) is 0.143. The van der Waals surface area contributed by atoms with Crippen molar-refractivity contribution in [3.05, 3.63) is 95.8 Å². The van der Waals surface area contributed by atoms with E-state index in [-0.39, 0.29) is 0 Å². The molecule has 0 saturated heterocycles. The molecule has 4 heteroatoms. The van der Waals surface area contributed by atoms with Gasteiger partial charge in [-0.05, 0) is 60.7 Å². The summed E-state index contributed by atoms with van der Waals surface area (Å²) in [5, 5.41) is 6.04.